The fraction of sp³-hybridized carbons (Fsp3) is 0.278. The summed E-state index contributed by atoms with van der Waals surface area (Å²) in [6.45, 7) is 7.01. The second-order valence-electron chi connectivity index (χ2n) is 4.39. The van der Waals surface area contributed by atoms with E-state index in [2.05, 4.69) is 55.3 Å². The molecule has 0 fully saturated rings. The first-order chi connectivity index (χ1) is 9.27. The average Bonchev–Trinajstić information content (AvgIpc) is 2.47. The number of nitrogens with zero attached hydrogens (tertiary/aromatic N) is 1. The van der Waals surface area contributed by atoms with Gasteiger partial charge in [0.1, 0.15) is 0 Å². The summed E-state index contributed by atoms with van der Waals surface area (Å²) in [6.07, 6.45) is 11.2. The predicted octanol–water partition coefficient (Wildman–Crippen LogP) is 4.77. The van der Waals surface area contributed by atoms with Gasteiger partial charge in [-0.05, 0) is 43.9 Å². The van der Waals surface area contributed by atoms with Crippen LogP contribution < -0.4 is 0 Å². The number of benzene rings is 1. The minimum atomic E-state index is 0.828. The van der Waals surface area contributed by atoms with Crippen LogP contribution in [0.1, 0.15) is 26.3 Å². The van der Waals surface area contributed by atoms with Crippen molar-refractivity contribution in [2.24, 2.45) is 4.99 Å². The molecule has 1 heteroatoms. The van der Waals surface area contributed by atoms with E-state index in [0.717, 1.165) is 13.0 Å². The molecule has 0 unspecified atom stereocenters. The molecule has 0 atom stereocenters. The molecule has 0 saturated heterocycles. The van der Waals surface area contributed by atoms with Crippen LogP contribution in [0, 0.1) is 0 Å². The van der Waals surface area contributed by atoms with Gasteiger partial charge >= 0.3 is 0 Å². The van der Waals surface area contributed by atoms with E-state index in [4.69, 9.17) is 0 Å². The number of hydrogen-bond donors (Lipinski definition) is 0. The highest BCUT2D eigenvalue weighted by atomic mass is 14.7. The Balaban J connectivity index is 2.58. The molecule has 0 aliphatic heterocycles. The van der Waals surface area contributed by atoms with Gasteiger partial charge in [-0.3, -0.25) is 4.99 Å². The van der Waals surface area contributed by atoms with Crippen LogP contribution in [-0.4, -0.2) is 12.8 Å². The smallest absolute Gasteiger partial charge is 0.0429 e. The molecule has 0 saturated carbocycles. The van der Waals surface area contributed by atoms with Crippen LogP contribution >= 0.6 is 0 Å². The minimum absolute atomic E-state index is 0.828. The van der Waals surface area contributed by atoms with E-state index in [1.807, 2.05) is 31.4 Å². The lowest BCUT2D eigenvalue weighted by Gasteiger charge is -2.01. The number of hydrogen-bond acceptors (Lipinski definition) is 1. The molecule has 1 aromatic rings. The molecule has 1 rings (SSSR count). The molecule has 19 heavy (non-hydrogen) atoms. The summed E-state index contributed by atoms with van der Waals surface area (Å²) in [5, 5.41) is 0. The Hall–Kier alpha value is -1.89. The molecule has 1 aromatic carbocycles. The fourth-order valence-electron chi connectivity index (χ4n) is 1.64. The minimum Gasteiger partial charge on any atom is -0.292 e. The van der Waals surface area contributed by atoms with Crippen LogP contribution in [-0.2, 0) is 6.42 Å². The molecular formula is C18H23N. The zero-order valence-electron chi connectivity index (χ0n) is 12.1. The van der Waals surface area contributed by atoms with Gasteiger partial charge in [0.05, 0.1) is 0 Å². The molecule has 0 heterocycles. The maximum atomic E-state index is 4.52. The summed E-state index contributed by atoms with van der Waals surface area (Å²) >= 11 is 0. The quantitative estimate of drug-likeness (QED) is 0.511. The van der Waals surface area contributed by atoms with Crippen LogP contribution in [0.15, 0.2) is 70.8 Å². The van der Waals surface area contributed by atoms with Crippen LogP contribution in [0.25, 0.3) is 0 Å². The van der Waals surface area contributed by atoms with Gasteiger partial charge in [-0.1, -0.05) is 54.6 Å². The first-order valence-electron chi connectivity index (χ1n) is 6.78. The van der Waals surface area contributed by atoms with Gasteiger partial charge in [0.25, 0.3) is 0 Å². The van der Waals surface area contributed by atoms with Crippen molar-refractivity contribution in [3.63, 3.8) is 0 Å². The third kappa shape index (κ3) is 6.01. The van der Waals surface area contributed by atoms with E-state index in [1.165, 1.54) is 16.7 Å². The lowest BCUT2D eigenvalue weighted by molar-refractivity contribution is 0.973. The van der Waals surface area contributed by atoms with Crippen molar-refractivity contribution in [1.82, 2.24) is 0 Å². The molecule has 0 radical (unpaired) electrons. The highest BCUT2D eigenvalue weighted by molar-refractivity contribution is 5.84. The van der Waals surface area contributed by atoms with E-state index in [9.17, 15) is 0 Å². The Labute approximate surface area is 117 Å². The Kier molecular flexibility index (Phi) is 7.26. The molecule has 0 aliphatic rings. The number of allylic oxidation sites excluding steroid dienone is 6. The molecule has 0 spiro atoms. The standard InChI is InChI=1S/C18H23N/c1-4-6-12-18(16(3)5-2)15-19-14-13-17-10-8-7-9-11-17/h4-12,15H,13-14H2,1-3H3/b6-4-,16-5+,18-12-,19-15+. The second kappa shape index (κ2) is 9.09. The molecule has 100 valence electrons. The van der Waals surface area contributed by atoms with Crippen LogP contribution in [0.5, 0.6) is 0 Å². The molecule has 0 aliphatic carbocycles. The Morgan fingerprint density at radius 2 is 1.89 bits per heavy atom. The summed E-state index contributed by atoms with van der Waals surface area (Å²) in [7, 11) is 0. The van der Waals surface area contributed by atoms with Crippen LogP contribution in [0.3, 0.4) is 0 Å². The van der Waals surface area contributed by atoms with Crippen molar-refractivity contribution in [2.75, 3.05) is 6.54 Å². The van der Waals surface area contributed by atoms with Crippen molar-refractivity contribution in [3.05, 3.63) is 71.3 Å². The van der Waals surface area contributed by atoms with Gasteiger partial charge in [0, 0.05) is 12.8 Å². The molecule has 0 aromatic heterocycles. The lowest BCUT2D eigenvalue weighted by atomic mass is 10.1. The number of aliphatic imine (C=N–C) groups is 1. The van der Waals surface area contributed by atoms with E-state index >= 15 is 0 Å². The largest absolute Gasteiger partial charge is 0.292 e. The van der Waals surface area contributed by atoms with Crippen molar-refractivity contribution in [2.45, 2.75) is 27.2 Å². The average molecular weight is 253 g/mol. The van der Waals surface area contributed by atoms with Gasteiger partial charge in [-0.15, -0.1) is 0 Å². The van der Waals surface area contributed by atoms with Gasteiger partial charge < -0.3 is 0 Å². The molecule has 0 amide bonds. The monoisotopic (exact) mass is 253 g/mol. The Morgan fingerprint density at radius 3 is 2.53 bits per heavy atom. The first-order valence-corrected chi connectivity index (χ1v) is 6.78. The third-order valence-electron chi connectivity index (χ3n) is 2.96. The highest BCUT2D eigenvalue weighted by Crippen LogP contribution is 2.07. The van der Waals surface area contributed by atoms with E-state index in [1.54, 1.807) is 0 Å². The van der Waals surface area contributed by atoms with Crippen molar-refractivity contribution < 1.29 is 0 Å². The summed E-state index contributed by atoms with van der Waals surface area (Å²) in [6, 6.07) is 10.5. The Morgan fingerprint density at radius 1 is 1.16 bits per heavy atom. The van der Waals surface area contributed by atoms with Gasteiger partial charge in [0.2, 0.25) is 0 Å². The third-order valence-corrected chi connectivity index (χ3v) is 2.96. The zero-order chi connectivity index (χ0) is 13.9. The normalized spacial score (nSPS) is 13.6. The van der Waals surface area contributed by atoms with Crippen molar-refractivity contribution in [3.8, 4) is 0 Å². The van der Waals surface area contributed by atoms with Crippen molar-refractivity contribution in [1.29, 1.82) is 0 Å². The summed E-state index contributed by atoms with van der Waals surface area (Å²) < 4.78 is 0. The fourth-order valence-corrected chi connectivity index (χ4v) is 1.64. The van der Waals surface area contributed by atoms with E-state index < -0.39 is 0 Å². The van der Waals surface area contributed by atoms with E-state index in [0.29, 0.717) is 0 Å². The topological polar surface area (TPSA) is 12.4 Å². The van der Waals surface area contributed by atoms with Crippen molar-refractivity contribution >= 4 is 6.21 Å². The summed E-state index contributed by atoms with van der Waals surface area (Å²) in [5.41, 5.74) is 3.76. The van der Waals surface area contributed by atoms with E-state index in [-0.39, 0.29) is 0 Å². The maximum Gasteiger partial charge on any atom is 0.0429 e. The number of rotatable bonds is 6. The maximum absolute atomic E-state index is 4.52. The Bertz CT molecular complexity index is 476. The zero-order valence-corrected chi connectivity index (χ0v) is 12.1. The summed E-state index contributed by atoms with van der Waals surface area (Å²) in [5.74, 6) is 0. The molecular weight excluding hydrogens is 230 g/mol. The summed E-state index contributed by atoms with van der Waals surface area (Å²) in [4.78, 5) is 4.52. The SMILES string of the molecule is C\C=C/C=C(/C=N/CCc1ccccc1)C(\C)=C\C. The molecule has 0 bridgehead atoms. The van der Waals surface area contributed by atoms with Gasteiger partial charge in [0.15, 0.2) is 0 Å². The van der Waals surface area contributed by atoms with Gasteiger partial charge in [-0.2, -0.15) is 0 Å². The highest BCUT2D eigenvalue weighted by Gasteiger charge is 1.94. The molecule has 1 nitrogen and oxygen atoms in total. The first kappa shape index (κ1) is 15.2. The van der Waals surface area contributed by atoms with Gasteiger partial charge in [-0.25, -0.2) is 0 Å². The predicted molar refractivity (Wildman–Crippen MR) is 85.8 cm³/mol. The lowest BCUT2D eigenvalue weighted by Crippen LogP contribution is -1.92. The molecule has 0 N–H and O–H groups in total. The van der Waals surface area contributed by atoms with Crippen LogP contribution in [0.4, 0.5) is 0 Å². The second-order valence-corrected chi connectivity index (χ2v) is 4.39. The van der Waals surface area contributed by atoms with Crippen LogP contribution in [0.2, 0.25) is 0 Å².